The first-order chi connectivity index (χ1) is 10.3. The van der Waals surface area contributed by atoms with Gasteiger partial charge in [-0.1, -0.05) is 43.7 Å². The molecule has 1 N–H and O–H groups in total. The summed E-state index contributed by atoms with van der Waals surface area (Å²) in [4.78, 5) is 0. The van der Waals surface area contributed by atoms with Gasteiger partial charge in [-0.3, -0.25) is 0 Å². The standard InChI is InChI=1S/C18H22BrNO/c1-2-12-20-17(16-15(19)9-13-21-16)18(10-6-11-18)14-7-4-3-5-8-14/h3-5,7-9,13,17,20H,2,6,10-12H2,1H3. The number of rotatable bonds is 6. The van der Waals surface area contributed by atoms with Gasteiger partial charge in [0.05, 0.1) is 16.8 Å². The SMILES string of the molecule is CCCNC(c1occc1Br)C1(c2ccccc2)CCC1. The molecule has 0 spiro atoms. The third kappa shape index (κ3) is 2.69. The van der Waals surface area contributed by atoms with Crippen LogP contribution in [0.2, 0.25) is 0 Å². The molecule has 1 aromatic carbocycles. The zero-order valence-corrected chi connectivity index (χ0v) is 14.0. The van der Waals surface area contributed by atoms with Crippen LogP contribution < -0.4 is 5.32 Å². The summed E-state index contributed by atoms with van der Waals surface area (Å²) < 4.78 is 6.89. The smallest absolute Gasteiger partial charge is 0.135 e. The molecule has 1 aliphatic rings. The van der Waals surface area contributed by atoms with Gasteiger partial charge in [0.1, 0.15) is 5.76 Å². The van der Waals surface area contributed by atoms with Crippen LogP contribution in [0.15, 0.2) is 51.6 Å². The van der Waals surface area contributed by atoms with Crippen molar-refractivity contribution in [3.8, 4) is 0 Å². The number of halogens is 1. The summed E-state index contributed by atoms with van der Waals surface area (Å²) in [7, 11) is 0. The van der Waals surface area contributed by atoms with Crippen molar-refractivity contribution in [3.63, 3.8) is 0 Å². The van der Waals surface area contributed by atoms with Gasteiger partial charge < -0.3 is 9.73 Å². The maximum atomic E-state index is 5.82. The van der Waals surface area contributed by atoms with Gasteiger partial charge in [0.15, 0.2) is 0 Å². The maximum absolute atomic E-state index is 5.82. The summed E-state index contributed by atoms with van der Waals surface area (Å²) in [6.45, 7) is 3.21. The van der Waals surface area contributed by atoms with E-state index in [4.69, 9.17) is 4.42 Å². The highest BCUT2D eigenvalue weighted by atomic mass is 79.9. The Kier molecular flexibility index (Phi) is 4.51. The zero-order valence-electron chi connectivity index (χ0n) is 12.4. The molecule has 1 unspecified atom stereocenters. The minimum Gasteiger partial charge on any atom is -0.466 e. The molecule has 3 heteroatoms. The summed E-state index contributed by atoms with van der Waals surface area (Å²) in [5.41, 5.74) is 1.59. The second-order valence-corrected chi connectivity index (χ2v) is 6.75. The summed E-state index contributed by atoms with van der Waals surface area (Å²) in [6, 6.07) is 13.1. The molecule has 2 nitrogen and oxygen atoms in total. The molecule has 0 radical (unpaired) electrons. The average molecular weight is 348 g/mol. The molecular formula is C18H22BrNO. The third-order valence-electron chi connectivity index (χ3n) is 4.65. The van der Waals surface area contributed by atoms with Crippen LogP contribution in [0.25, 0.3) is 0 Å². The van der Waals surface area contributed by atoms with Crippen LogP contribution in [0.1, 0.15) is 50.0 Å². The van der Waals surface area contributed by atoms with Crippen molar-refractivity contribution >= 4 is 15.9 Å². The molecule has 0 amide bonds. The van der Waals surface area contributed by atoms with Gasteiger partial charge in [0.25, 0.3) is 0 Å². The Bertz CT molecular complexity index is 574. The zero-order chi connectivity index (χ0) is 14.7. The Labute approximate surface area is 135 Å². The maximum Gasteiger partial charge on any atom is 0.135 e. The van der Waals surface area contributed by atoms with Crippen molar-refractivity contribution in [2.75, 3.05) is 6.54 Å². The lowest BCUT2D eigenvalue weighted by Crippen LogP contribution is -2.47. The van der Waals surface area contributed by atoms with Crippen molar-refractivity contribution in [2.24, 2.45) is 0 Å². The van der Waals surface area contributed by atoms with Crippen LogP contribution in [0.5, 0.6) is 0 Å². The topological polar surface area (TPSA) is 25.2 Å². The van der Waals surface area contributed by atoms with Gasteiger partial charge in [-0.05, 0) is 53.4 Å². The van der Waals surface area contributed by atoms with Crippen molar-refractivity contribution in [2.45, 2.75) is 44.1 Å². The summed E-state index contributed by atoms with van der Waals surface area (Å²) >= 11 is 3.64. The van der Waals surface area contributed by atoms with Crippen LogP contribution in [-0.4, -0.2) is 6.54 Å². The second kappa shape index (κ2) is 6.37. The van der Waals surface area contributed by atoms with E-state index >= 15 is 0 Å². The Hall–Kier alpha value is -1.06. The first-order valence-electron chi connectivity index (χ1n) is 7.80. The molecule has 1 aliphatic carbocycles. The Morgan fingerprint density at radius 3 is 2.52 bits per heavy atom. The lowest BCUT2D eigenvalue weighted by atomic mass is 9.59. The molecular weight excluding hydrogens is 326 g/mol. The first-order valence-corrected chi connectivity index (χ1v) is 8.59. The fraction of sp³-hybridized carbons (Fsp3) is 0.444. The molecule has 1 heterocycles. The molecule has 1 saturated carbocycles. The number of hydrogen-bond donors (Lipinski definition) is 1. The molecule has 0 aliphatic heterocycles. The molecule has 112 valence electrons. The minimum atomic E-state index is 0.163. The fourth-order valence-corrected chi connectivity index (χ4v) is 3.84. The summed E-state index contributed by atoms with van der Waals surface area (Å²) in [5.74, 6) is 1.03. The summed E-state index contributed by atoms with van der Waals surface area (Å²) in [6.07, 6.45) is 6.62. The Balaban J connectivity index is 2.00. The van der Waals surface area contributed by atoms with E-state index in [-0.39, 0.29) is 11.5 Å². The second-order valence-electron chi connectivity index (χ2n) is 5.90. The fourth-order valence-electron chi connectivity index (χ4n) is 3.41. The number of nitrogens with one attached hydrogen (secondary N) is 1. The molecule has 1 fully saturated rings. The predicted molar refractivity (Wildman–Crippen MR) is 89.4 cm³/mol. The van der Waals surface area contributed by atoms with Gasteiger partial charge >= 0.3 is 0 Å². The molecule has 1 atom stereocenters. The highest BCUT2D eigenvalue weighted by molar-refractivity contribution is 9.10. The van der Waals surface area contributed by atoms with Gasteiger partial charge in [-0.25, -0.2) is 0 Å². The number of hydrogen-bond acceptors (Lipinski definition) is 2. The molecule has 0 saturated heterocycles. The van der Waals surface area contributed by atoms with E-state index in [0.29, 0.717) is 0 Å². The van der Waals surface area contributed by atoms with Gasteiger partial charge in [0.2, 0.25) is 0 Å². The largest absolute Gasteiger partial charge is 0.466 e. The van der Waals surface area contributed by atoms with Gasteiger partial charge in [-0.2, -0.15) is 0 Å². The van der Waals surface area contributed by atoms with Crippen LogP contribution in [0.4, 0.5) is 0 Å². The van der Waals surface area contributed by atoms with Crippen molar-refractivity contribution < 1.29 is 4.42 Å². The average Bonchev–Trinajstić information content (AvgIpc) is 2.88. The predicted octanol–water partition coefficient (Wildman–Crippen LogP) is 5.20. The molecule has 1 aromatic heterocycles. The van der Waals surface area contributed by atoms with Gasteiger partial charge in [-0.15, -0.1) is 0 Å². The van der Waals surface area contributed by atoms with E-state index < -0.39 is 0 Å². The van der Waals surface area contributed by atoms with Crippen LogP contribution >= 0.6 is 15.9 Å². The van der Waals surface area contributed by atoms with E-state index in [0.717, 1.165) is 23.2 Å². The summed E-state index contributed by atoms with van der Waals surface area (Å²) in [5, 5.41) is 3.73. The molecule has 2 aromatic rings. The Morgan fingerprint density at radius 2 is 2.00 bits per heavy atom. The van der Waals surface area contributed by atoms with Gasteiger partial charge in [0, 0.05) is 5.41 Å². The minimum absolute atomic E-state index is 0.163. The highest BCUT2D eigenvalue weighted by Crippen LogP contribution is 2.53. The van der Waals surface area contributed by atoms with E-state index in [1.54, 1.807) is 6.26 Å². The molecule has 21 heavy (non-hydrogen) atoms. The van der Waals surface area contributed by atoms with Crippen molar-refractivity contribution in [1.82, 2.24) is 5.32 Å². The normalized spacial score (nSPS) is 18.2. The van der Waals surface area contributed by atoms with E-state index in [9.17, 15) is 0 Å². The van der Waals surface area contributed by atoms with Crippen LogP contribution in [-0.2, 0) is 5.41 Å². The van der Waals surface area contributed by atoms with Crippen LogP contribution in [0.3, 0.4) is 0 Å². The van der Waals surface area contributed by atoms with E-state index in [1.165, 1.54) is 24.8 Å². The highest BCUT2D eigenvalue weighted by Gasteiger charge is 2.47. The quantitative estimate of drug-likeness (QED) is 0.776. The van der Waals surface area contributed by atoms with E-state index in [1.807, 2.05) is 6.07 Å². The molecule has 0 bridgehead atoms. The van der Waals surface area contributed by atoms with Crippen LogP contribution in [0, 0.1) is 0 Å². The lowest BCUT2D eigenvalue weighted by molar-refractivity contribution is 0.151. The first kappa shape index (κ1) is 14.9. The third-order valence-corrected chi connectivity index (χ3v) is 5.31. The van der Waals surface area contributed by atoms with Crippen molar-refractivity contribution in [1.29, 1.82) is 0 Å². The lowest BCUT2D eigenvalue weighted by Gasteiger charge is -2.48. The monoisotopic (exact) mass is 347 g/mol. The number of benzene rings is 1. The van der Waals surface area contributed by atoms with Crippen molar-refractivity contribution in [3.05, 3.63) is 58.5 Å². The number of furan rings is 1. The molecule has 3 rings (SSSR count). The van der Waals surface area contributed by atoms with E-state index in [2.05, 4.69) is 58.5 Å². The Morgan fingerprint density at radius 1 is 1.24 bits per heavy atom.